The number of ether oxygens (including phenoxy) is 2. The Labute approximate surface area is 210 Å². The number of benzene rings is 3. The van der Waals surface area contributed by atoms with Gasteiger partial charge in [0.1, 0.15) is 6.61 Å². The third kappa shape index (κ3) is 5.10. The molecule has 1 aliphatic rings. The van der Waals surface area contributed by atoms with Crippen LogP contribution >= 0.6 is 0 Å². The topological polar surface area (TPSA) is 75.6 Å². The minimum Gasteiger partial charge on any atom is -0.474 e. The second-order valence-corrected chi connectivity index (χ2v) is 8.96. The molecule has 0 fully saturated rings. The first-order chi connectivity index (χ1) is 17.5. The number of pyridine rings is 1. The van der Waals surface area contributed by atoms with Crippen LogP contribution in [0, 0.1) is 6.92 Å². The second kappa shape index (κ2) is 10.2. The summed E-state index contributed by atoms with van der Waals surface area (Å²) in [7, 11) is 0. The minimum atomic E-state index is -0.763. The lowest BCUT2D eigenvalue weighted by Crippen LogP contribution is -2.45. The van der Waals surface area contributed by atoms with E-state index in [1.54, 1.807) is 0 Å². The SMILES string of the molecule is Cc1nc2cccc(NO)c2cc1C1=C(OCc2ccccc2)NC(C)(OCc2ccccc2)C=C1. The van der Waals surface area contributed by atoms with Crippen molar-refractivity contribution in [2.45, 2.75) is 32.8 Å². The van der Waals surface area contributed by atoms with Crippen LogP contribution in [0.15, 0.2) is 103 Å². The molecule has 6 nitrogen and oxygen atoms in total. The number of allylic oxidation sites excluding steroid dienone is 2. The van der Waals surface area contributed by atoms with Crippen LogP contribution in [-0.2, 0) is 22.7 Å². The normalized spacial score (nSPS) is 17.2. The fourth-order valence-electron chi connectivity index (χ4n) is 4.26. The average molecular weight is 480 g/mol. The van der Waals surface area contributed by atoms with Crippen molar-refractivity contribution in [1.82, 2.24) is 10.3 Å². The Morgan fingerprint density at radius 3 is 2.31 bits per heavy atom. The Hall–Kier alpha value is -4.13. The zero-order valence-electron chi connectivity index (χ0n) is 20.4. The molecular formula is C30H29N3O3. The molecule has 0 bridgehead atoms. The van der Waals surface area contributed by atoms with Crippen molar-refractivity contribution in [3.63, 3.8) is 0 Å². The van der Waals surface area contributed by atoms with E-state index in [4.69, 9.17) is 14.5 Å². The summed E-state index contributed by atoms with van der Waals surface area (Å²) in [5.74, 6) is 0.607. The van der Waals surface area contributed by atoms with Gasteiger partial charge in [-0.15, -0.1) is 0 Å². The largest absolute Gasteiger partial charge is 0.474 e. The first-order valence-electron chi connectivity index (χ1n) is 11.9. The van der Waals surface area contributed by atoms with E-state index in [1.807, 2.05) is 111 Å². The summed E-state index contributed by atoms with van der Waals surface area (Å²) >= 11 is 0. The van der Waals surface area contributed by atoms with E-state index in [2.05, 4.69) is 10.8 Å². The van der Waals surface area contributed by atoms with E-state index >= 15 is 0 Å². The third-order valence-corrected chi connectivity index (χ3v) is 6.24. The molecule has 6 heteroatoms. The van der Waals surface area contributed by atoms with E-state index < -0.39 is 5.72 Å². The number of fused-ring (bicyclic) bond motifs is 1. The lowest BCUT2D eigenvalue weighted by molar-refractivity contribution is -0.0390. The van der Waals surface area contributed by atoms with Gasteiger partial charge in [-0.1, -0.05) is 66.7 Å². The van der Waals surface area contributed by atoms with Crippen LogP contribution < -0.4 is 10.8 Å². The van der Waals surface area contributed by atoms with E-state index in [9.17, 15) is 5.21 Å². The number of aromatic nitrogens is 1. The number of hydrogen-bond donors (Lipinski definition) is 3. The van der Waals surface area contributed by atoms with Gasteiger partial charge >= 0.3 is 0 Å². The molecule has 1 aliphatic heterocycles. The highest BCUT2D eigenvalue weighted by atomic mass is 16.5. The van der Waals surface area contributed by atoms with Gasteiger partial charge in [0.25, 0.3) is 0 Å². The number of hydrogen-bond acceptors (Lipinski definition) is 6. The minimum absolute atomic E-state index is 0.402. The molecule has 0 radical (unpaired) electrons. The molecular weight excluding hydrogens is 450 g/mol. The summed E-state index contributed by atoms with van der Waals surface area (Å²) in [6.45, 7) is 4.81. The zero-order valence-corrected chi connectivity index (χ0v) is 20.4. The predicted molar refractivity (Wildman–Crippen MR) is 142 cm³/mol. The standard InChI is InChI=1S/C30H29N3O3/c1-21-25(18-26-27(31-21)14-9-15-28(26)33-34)24-16-17-30(2,36-20-23-12-7-4-8-13-23)32-29(24)35-19-22-10-5-3-6-11-22/h3-18,32-34H,19-20H2,1-2H3. The molecule has 36 heavy (non-hydrogen) atoms. The van der Waals surface area contributed by atoms with Gasteiger partial charge in [0.15, 0.2) is 11.6 Å². The molecule has 0 saturated carbocycles. The number of rotatable bonds is 8. The molecule has 0 aliphatic carbocycles. The fourth-order valence-corrected chi connectivity index (χ4v) is 4.26. The van der Waals surface area contributed by atoms with Crippen LogP contribution in [0.25, 0.3) is 16.5 Å². The average Bonchev–Trinajstić information content (AvgIpc) is 2.91. The maximum Gasteiger partial charge on any atom is 0.197 e. The molecule has 0 saturated heterocycles. The summed E-state index contributed by atoms with van der Waals surface area (Å²) in [5, 5.41) is 13.9. The van der Waals surface area contributed by atoms with Crippen LogP contribution in [-0.4, -0.2) is 15.9 Å². The highest BCUT2D eigenvalue weighted by molar-refractivity contribution is 5.94. The molecule has 1 aromatic heterocycles. The number of nitrogens with one attached hydrogen (secondary N) is 2. The van der Waals surface area contributed by atoms with Crippen molar-refractivity contribution in [3.05, 3.63) is 125 Å². The van der Waals surface area contributed by atoms with Crippen molar-refractivity contribution in [2.24, 2.45) is 0 Å². The van der Waals surface area contributed by atoms with Crippen molar-refractivity contribution < 1.29 is 14.7 Å². The summed E-state index contributed by atoms with van der Waals surface area (Å²) in [6, 6.07) is 27.8. The molecule has 3 N–H and O–H groups in total. The Morgan fingerprint density at radius 2 is 1.61 bits per heavy atom. The van der Waals surface area contributed by atoms with E-state index in [1.165, 1.54) is 0 Å². The van der Waals surface area contributed by atoms with Gasteiger partial charge in [-0.2, -0.15) is 0 Å². The molecule has 1 unspecified atom stereocenters. The summed E-state index contributed by atoms with van der Waals surface area (Å²) in [5.41, 5.74) is 7.69. The van der Waals surface area contributed by atoms with Crippen LogP contribution in [0.2, 0.25) is 0 Å². The van der Waals surface area contributed by atoms with Gasteiger partial charge in [0, 0.05) is 22.2 Å². The van der Waals surface area contributed by atoms with E-state index in [0.717, 1.165) is 38.9 Å². The van der Waals surface area contributed by atoms with Gasteiger partial charge in [0.2, 0.25) is 0 Å². The molecule has 1 atom stereocenters. The first kappa shape index (κ1) is 23.6. The van der Waals surface area contributed by atoms with Gasteiger partial charge in [0.05, 0.1) is 17.8 Å². The Balaban J connectivity index is 1.51. The lowest BCUT2D eigenvalue weighted by atomic mass is 9.97. The van der Waals surface area contributed by atoms with Gasteiger partial charge in [-0.25, -0.2) is 0 Å². The smallest absolute Gasteiger partial charge is 0.197 e. The molecule has 0 spiro atoms. The number of nitrogens with zero attached hydrogens (tertiary/aromatic N) is 1. The van der Waals surface area contributed by atoms with Crippen LogP contribution in [0.4, 0.5) is 5.69 Å². The second-order valence-electron chi connectivity index (χ2n) is 8.96. The fraction of sp³-hybridized carbons (Fsp3) is 0.167. The van der Waals surface area contributed by atoms with Crippen LogP contribution in [0.1, 0.15) is 29.3 Å². The van der Waals surface area contributed by atoms with Crippen LogP contribution in [0.3, 0.4) is 0 Å². The van der Waals surface area contributed by atoms with Gasteiger partial charge < -0.3 is 14.8 Å². The number of dihydropyridines is 1. The molecule has 182 valence electrons. The van der Waals surface area contributed by atoms with Crippen molar-refractivity contribution in [1.29, 1.82) is 0 Å². The highest BCUT2D eigenvalue weighted by Crippen LogP contribution is 2.33. The number of anilines is 1. The van der Waals surface area contributed by atoms with Gasteiger partial charge in [-0.3, -0.25) is 15.7 Å². The summed E-state index contributed by atoms with van der Waals surface area (Å²) in [6.07, 6.45) is 4.02. The highest BCUT2D eigenvalue weighted by Gasteiger charge is 2.29. The predicted octanol–water partition coefficient (Wildman–Crippen LogP) is 6.32. The van der Waals surface area contributed by atoms with E-state index in [0.29, 0.717) is 24.8 Å². The Bertz CT molecular complexity index is 1420. The molecule has 4 aromatic rings. The van der Waals surface area contributed by atoms with E-state index in [-0.39, 0.29) is 0 Å². The quantitative estimate of drug-likeness (QED) is 0.257. The van der Waals surface area contributed by atoms with Crippen molar-refractivity contribution >= 4 is 22.2 Å². The Morgan fingerprint density at radius 1 is 0.917 bits per heavy atom. The monoisotopic (exact) mass is 479 g/mol. The lowest BCUT2D eigenvalue weighted by Gasteiger charge is -2.34. The summed E-state index contributed by atoms with van der Waals surface area (Å²) < 4.78 is 12.6. The zero-order chi connectivity index (χ0) is 25.0. The van der Waals surface area contributed by atoms with Crippen LogP contribution in [0.5, 0.6) is 0 Å². The maximum absolute atomic E-state index is 9.63. The molecule has 5 rings (SSSR count). The molecule has 0 amide bonds. The van der Waals surface area contributed by atoms with Gasteiger partial charge in [-0.05, 0) is 55.3 Å². The van der Waals surface area contributed by atoms with Crippen molar-refractivity contribution in [3.8, 4) is 0 Å². The molecule has 2 heterocycles. The first-order valence-corrected chi connectivity index (χ1v) is 11.9. The molecule has 3 aromatic carbocycles. The number of aryl methyl sites for hydroxylation is 1. The summed E-state index contributed by atoms with van der Waals surface area (Å²) in [4.78, 5) is 4.79. The maximum atomic E-state index is 9.63. The Kier molecular flexibility index (Phi) is 6.71. The van der Waals surface area contributed by atoms with Crippen molar-refractivity contribution in [2.75, 3.05) is 5.48 Å². The third-order valence-electron chi connectivity index (χ3n) is 6.24.